The van der Waals surface area contributed by atoms with Crippen molar-refractivity contribution in [3.05, 3.63) is 46.6 Å². The fourth-order valence-electron chi connectivity index (χ4n) is 2.25. The summed E-state index contributed by atoms with van der Waals surface area (Å²) >= 11 is 1.40. The van der Waals surface area contributed by atoms with E-state index in [0.717, 1.165) is 27.4 Å². The fourth-order valence-corrected chi connectivity index (χ4v) is 3.24. The Morgan fingerprint density at radius 3 is 2.71 bits per heavy atom. The number of rotatable bonds is 2. The SMILES string of the molecule is Cc1ccc2nc(Sc3nc(C)cc(C)c3C#N)[nH]c2c1. The molecule has 5 heteroatoms. The normalized spacial score (nSPS) is 10.8. The number of aryl methyl sites for hydroxylation is 3. The second kappa shape index (κ2) is 5.23. The van der Waals surface area contributed by atoms with Crippen molar-refractivity contribution >= 4 is 22.8 Å². The number of aromatic nitrogens is 3. The van der Waals surface area contributed by atoms with Gasteiger partial charge in [0.1, 0.15) is 11.1 Å². The maximum absolute atomic E-state index is 9.31. The molecule has 0 aliphatic rings. The third-order valence-corrected chi connectivity index (χ3v) is 4.11. The molecule has 0 fully saturated rings. The van der Waals surface area contributed by atoms with Crippen LogP contribution in [0.1, 0.15) is 22.4 Å². The summed E-state index contributed by atoms with van der Waals surface area (Å²) < 4.78 is 0. The number of nitrogens with zero attached hydrogens (tertiary/aromatic N) is 3. The van der Waals surface area contributed by atoms with Gasteiger partial charge in [0.25, 0.3) is 0 Å². The van der Waals surface area contributed by atoms with E-state index in [1.807, 2.05) is 39.0 Å². The van der Waals surface area contributed by atoms with Gasteiger partial charge in [0.15, 0.2) is 5.16 Å². The van der Waals surface area contributed by atoms with Gasteiger partial charge in [-0.05, 0) is 61.9 Å². The molecule has 0 atom stereocenters. The third kappa shape index (κ3) is 2.63. The molecule has 0 aliphatic carbocycles. The quantitative estimate of drug-likeness (QED) is 0.778. The zero-order valence-electron chi connectivity index (χ0n) is 12.1. The van der Waals surface area contributed by atoms with Gasteiger partial charge in [-0.15, -0.1) is 0 Å². The summed E-state index contributed by atoms with van der Waals surface area (Å²) in [5.74, 6) is 0. The first-order valence-corrected chi connectivity index (χ1v) is 7.41. The molecule has 0 saturated heterocycles. The van der Waals surface area contributed by atoms with E-state index in [4.69, 9.17) is 0 Å². The monoisotopic (exact) mass is 294 g/mol. The minimum Gasteiger partial charge on any atom is -0.333 e. The molecule has 0 unspecified atom stereocenters. The maximum atomic E-state index is 9.31. The summed E-state index contributed by atoms with van der Waals surface area (Å²) in [6, 6.07) is 10.2. The van der Waals surface area contributed by atoms with Crippen LogP contribution in [-0.4, -0.2) is 15.0 Å². The van der Waals surface area contributed by atoms with Crippen LogP contribution in [-0.2, 0) is 0 Å². The molecule has 0 radical (unpaired) electrons. The van der Waals surface area contributed by atoms with Crippen molar-refractivity contribution in [2.24, 2.45) is 0 Å². The topological polar surface area (TPSA) is 65.4 Å². The Bertz CT molecular complexity index is 874. The van der Waals surface area contributed by atoms with Crippen LogP contribution in [0, 0.1) is 32.1 Å². The van der Waals surface area contributed by atoms with Crippen LogP contribution in [0.15, 0.2) is 34.4 Å². The van der Waals surface area contributed by atoms with Crippen molar-refractivity contribution in [2.45, 2.75) is 31.0 Å². The van der Waals surface area contributed by atoms with E-state index >= 15 is 0 Å². The Morgan fingerprint density at radius 2 is 1.95 bits per heavy atom. The lowest BCUT2D eigenvalue weighted by Gasteiger charge is -2.05. The van der Waals surface area contributed by atoms with Crippen LogP contribution >= 0.6 is 11.8 Å². The van der Waals surface area contributed by atoms with E-state index in [-0.39, 0.29) is 0 Å². The average Bonchev–Trinajstić information content (AvgIpc) is 2.79. The van der Waals surface area contributed by atoms with E-state index in [1.54, 1.807) is 0 Å². The number of H-pyrrole nitrogens is 1. The standard InChI is InChI=1S/C16H14N4S/c1-9-4-5-13-14(6-9)20-16(19-13)21-15-12(8-17)10(2)7-11(3)18-15/h4-7H,1-3H3,(H,19,20). The van der Waals surface area contributed by atoms with Crippen molar-refractivity contribution in [3.8, 4) is 6.07 Å². The number of aromatic amines is 1. The molecule has 104 valence electrons. The molecule has 0 saturated carbocycles. The number of benzene rings is 1. The molecular weight excluding hydrogens is 280 g/mol. The molecule has 1 aromatic carbocycles. The molecule has 0 bridgehead atoms. The second-order valence-electron chi connectivity index (χ2n) is 5.04. The van der Waals surface area contributed by atoms with Gasteiger partial charge in [-0.2, -0.15) is 5.26 Å². The van der Waals surface area contributed by atoms with Crippen LogP contribution in [0.5, 0.6) is 0 Å². The first kappa shape index (κ1) is 13.7. The van der Waals surface area contributed by atoms with Crippen molar-refractivity contribution in [2.75, 3.05) is 0 Å². The smallest absolute Gasteiger partial charge is 0.172 e. The highest BCUT2D eigenvalue weighted by Crippen LogP contribution is 2.30. The van der Waals surface area contributed by atoms with Gasteiger partial charge < -0.3 is 4.98 Å². The lowest BCUT2D eigenvalue weighted by molar-refractivity contribution is 1.01. The maximum Gasteiger partial charge on any atom is 0.172 e. The predicted octanol–water partition coefficient (Wildman–Crippen LogP) is 3.91. The Hall–Kier alpha value is -2.32. The van der Waals surface area contributed by atoms with E-state index in [0.29, 0.717) is 10.6 Å². The summed E-state index contributed by atoms with van der Waals surface area (Å²) in [4.78, 5) is 12.3. The van der Waals surface area contributed by atoms with Crippen LogP contribution in [0.25, 0.3) is 11.0 Å². The van der Waals surface area contributed by atoms with Crippen LogP contribution in [0.3, 0.4) is 0 Å². The minimum atomic E-state index is 0.613. The Balaban J connectivity index is 2.04. The largest absolute Gasteiger partial charge is 0.333 e. The number of nitriles is 1. The van der Waals surface area contributed by atoms with Gasteiger partial charge in [0.05, 0.1) is 16.6 Å². The highest BCUT2D eigenvalue weighted by atomic mass is 32.2. The van der Waals surface area contributed by atoms with Crippen LogP contribution in [0.2, 0.25) is 0 Å². The summed E-state index contributed by atoms with van der Waals surface area (Å²) in [5.41, 5.74) is 5.57. The zero-order chi connectivity index (χ0) is 15.0. The summed E-state index contributed by atoms with van der Waals surface area (Å²) in [7, 11) is 0. The Labute approximate surface area is 127 Å². The third-order valence-electron chi connectivity index (χ3n) is 3.23. The number of imidazole rings is 1. The lowest BCUT2D eigenvalue weighted by Crippen LogP contribution is -1.94. The summed E-state index contributed by atoms with van der Waals surface area (Å²) in [5, 5.41) is 10.8. The molecule has 3 aromatic rings. The van der Waals surface area contributed by atoms with Gasteiger partial charge >= 0.3 is 0 Å². The molecule has 2 aromatic heterocycles. The van der Waals surface area contributed by atoms with Gasteiger partial charge in [-0.3, -0.25) is 0 Å². The fraction of sp³-hybridized carbons (Fsp3) is 0.188. The molecule has 21 heavy (non-hydrogen) atoms. The van der Waals surface area contributed by atoms with Gasteiger partial charge in [0, 0.05) is 5.69 Å². The highest BCUT2D eigenvalue weighted by Gasteiger charge is 2.12. The van der Waals surface area contributed by atoms with Crippen molar-refractivity contribution in [1.82, 2.24) is 15.0 Å². The molecule has 4 nitrogen and oxygen atoms in total. The molecule has 3 rings (SSSR count). The molecular formula is C16H14N4S. The number of hydrogen-bond donors (Lipinski definition) is 1. The first-order valence-electron chi connectivity index (χ1n) is 6.59. The summed E-state index contributed by atoms with van der Waals surface area (Å²) in [6.07, 6.45) is 0. The van der Waals surface area contributed by atoms with Crippen LogP contribution in [0.4, 0.5) is 0 Å². The van der Waals surface area contributed by atoms with Gasteiger partial charge in [0.2, 0.25) is 0 Å². The van der Waals surface area contributed by atoms with Crippen LogP contribution < -0.4 is 0 Å². The predicted molar refractivity (Wildman–Crippen MR) is 83.4 cm³/mol. The van der Waals surface area contributed by atoms with E-state index in [2.05, 4.69) is 27.1 Å². The van der Waals surface area contributed by atoms with Crippen molar-refractivity contribution < 1.29 is 0 Å². The van der Waals surface area contributed by atoms with E-state index in [1.165, 1.54) is 17.3 Å². The molecule has 0 aliphatic heterocycles. The highest BCUT2D eigenvalue weighted by molar-refractivity contribution is 7.99. The number of pyridine rings is 1. The molecule has 0 spiro atoms. The molecule has 2 heterocycles. The lowest BCUT2D eigenvalue weighted by atomic mass is 10.1. The minimum absolute atomic E-state index is 0.613. The van der Waals surface area contributed by atoms with Gasteiger partial charge in [-0.25, -0.2) is 9.97 Å². The number of nitrogens with one attached hydrogen (secondary N) is 1. The summed E-state index contributed by atoms with van der Waals surface area (Å²) in [6.45, 7) is 5.91. The van der Waals surface area contributed by atoms with E-state index in [9.17, 15) is 5.26 Å². The van der Waals surface area contributed by atoms with Gasteiger partial charge in [-0.1, -0.05) is 6.07 Å². The zero-order valence-corrected chi connectivity index (χ0v) is 12.9. The average molecular weight is 294 g/mol. The molecule has 1 N–H and O–H groups in total. The Morgan fingerprint density at radius 1 is 1.14 bits per heavy atom. The van der Waals surface area contributed by atoms with Crippen molar-refractivity contribution in [3.63, 3.8) is 0 Å². The Kier molecular flexibility index (Phi) is 3.40. The van der Waals surface area contributed by atoms with Crippen molar-refractivity contribution in [1.29, 1.82) is 5.26 Å². The van der Waals surface area contributed by atoms with E-state index < -0.39 is 0 Å². The molecule has 0 amide bonds. The number of fused-ring (bicyclic) bond motifs is 1. The number of hydrogen-bond acceptors (Lipinski definition) is 4. The first-order chi connectivity index (χ1) is 10.1. The second-order valence-corrected chi connectivity index (χ2v) is 6.01.